The van der Waals surface area contributed by atoms with E-state index in [9.17, 15) is 0 Å². The molecule has 0 amide bonds. The highest BCUT2D eigenvalue weighted by atomic mass is 16.5. The van der Waals surface area contributed by atoms with Crippen LogP contribution in [0.5, 0.6) is 0 Å². The zero-order valence-electron chi connectivity index (χ0n) is 14.1. The molecule has 2 unspecified atom stereocenters. The van der Waals surface area contributed by atoms with Crippen LogP contribution in [0.15, 0.2) is 30.3 Å². The first kappa shape index (κ1) is 18.1. The van der Waals surface area contributed by atoms with E-state index < -0.39 is 0 Å². The van der Waals surface area contributed by atoms with Gasteiger partial charge in [0.15, 0.2) is 0 Å². The van der Waals surface area contributed by atoms with Crippen LogP contribution in [0.3, 0.4) is 0 Å². The van der Waals surface area contributed by atoms with Crippen molar-refractivity contribution in [1.82, 2.24) is 10.2 Å². The van der Waals surface area contributed by atoms with E-state index in [0.29, 0.717) is 12.1 Å². The van der Waals surface area contributed by atoms with Crippen molar-refractivity contribution in [2.45, 2.75) is 45.7 Å². The zero-order chi connectivity index (χ0) is 15.5. The second-order valence-corrected chi connectivity index (χ2v) is 5.60. The predicted molar refractivity (Wildman–Crippen MR) is 90.7 cm³/mol. The molecule has 0 spiro atoms. The number of ether oxygens (including phenoxy) is 1. The van der Waals surface area contributed by atoms with Crippen LogP contribution in [0.4, 0.5) is 0 Å². The van der Waals surface area contributed by atoms with Crippen LogP contribution in [-0.4, -0.2) is 44.3 Å². The normalized spacial score (nSPS) is 14.3. The van der Waals surface area contributed by atoms with Gasteiger partial charge in [-0.2, -0.15) is 0 Å². The van der Waals surface area contributed by atoms with E-state index >= 15 is 0 Å². The van der Waals surface area contributed by atoms with Crippen molar-refractivity contribution in [3.05, 3.63) is 35.9 Å². The van der Waals surface area contributed by atoms with Crippen molar-refractivity contribution >= 4 is 0 Å². The Labute approximate surface area is 130 Å². The van der Waals surface area contributed by atoms with E-state index in [1.807, 2.05) is 0 Å². The second-order valence-electron chi connectivity index (χ2n) is 5.60. The number of benzene rings is 1. The van der Waals surface area contributed by atoms with Crippen molar-refractivity contribution in [3.63, 3.8) is 0 Å². The predicted octanol–water partition coefficient (Wildman–Crippen LogP) is 3.47. The summed E-state index contributed by atoms with van der Waals surface area (Å²) in [6, 6.07) is 11.8. The van der Waals surface area contributed by atoms with E-state index in [0.717, 1.165) is 32.7 Å². The molecule has 0 saturated heterocycles. The van der Waals surface area contributed by atoms with Gasteiger partial charge in [-0.1, -0.05) is 44.2 Å². The van der Waals surface area contributed by atoms with Gasteiger partial charge < -0.3 is 10.1 Å². The Morgan fingerprint density at radius 1 is 1.14 bits per heavy atom. The molecule has 0 saturated carbocycles. The highest BCUT2D eigenvalue weighted by Crippen LogP contribution is 2.18. The number of hydrogen-bond acceptors (Lipinski definition) is 3. The first-order valence-electron chi connectivity index (χ1n) is 8.24. The molecule has 0 aliphatic rings. The molecule has 0 aliphatic heterocycles. The van der Waals surface area contributed by atoms with Crippen LogP contribution in [0.25, 0.3) is 0 Å². The smallest absolute Gasteiger partial charge is 0.0589 e. The van der Waals surface area contributed by atoms with Crippen LogP contribution in [0, 0.1) is 0 Å². The molecular formula is C18H32N2O. The SMILES string of the molecule is CCNC(CCN(CCOC)C(C)CC)c1ccccc1. The summed E-state index contributed by atoms with van der Waals surface area (Å²) >= 11 is 0. The van der Waals surface area contributed by atoms with Crippen molar-refractivity contribution in [2.24, 2.45) is 0 Å². The highest BCUT2D eigenvalue weighted by Gasteiger charge is 2.15. The highest BCUT2D eigenvalue weighted by molar-refractivity contribution is 5.18. The third kappa shape index (κ3) is 6.60. The molecule has 120 valence electrons. The third-order valence-electron chi connectivity index (χ3n) is 4.15. The molecular weight excluding hydrogens is 260 g/mol. The van der Waals surface area contributed by atoms with Crippen molar-refractivity contribution < 1.29 is 4.74 Å². The summed E-state index contributed by atoms with van der Waals surface area (Å²) in [4.78, 5) is 2.54. The monoisotopic (exact) mass is 292 g/mol. The number of methoxy groups -OCH3 is 1. The summed E-state index contributed by atoms with van der Waals surface area (Å²) in [6.45, 7) is 10.7. The van der Waals surface area contributed by atoms with Gasteiger partial charge in [0.2, 0.25) is 0 Å². The number of nitrogens with zero attached hydrogens (tertiary/aromatic N) is 1. The molecule has 0 aliphatic carbocycles. The lowest BCUT2D eigenvalue weighted by atomic mass is 10.0. The lowest BCUT2D eigenvalue weighted by Crippen LogP contribution is -2.38. The minimum atomic E-state index is 0.435. The van der Waals surface area contributed by atoms with Crippen LogP contribution in [-0.2, 0) is 4.74 Å². The molecule has 1 N–H and O–H groups in total. The second kappa shape index (κ2) is 10.8. The fraction of sp³-hybridized carbons (Fsp3) is 0.667. The Bertz CT molecular complexity index is 355. The molecule has 1 aromatic rings. The van der Waals surface area contributed by atoms with E-state index in [1.54, 1.807) is 7.11 Å². The summed E-state index contributed by atoms with van der Waals surface area (Å²) in [5.74, 6) is 0. The summed E-state index contributed by atoms with van der Waals surface area (Å²) in [7, 11) is 1.78. The zero-order valence-corrected chi connectivity index (χ0v) is 14.1. The third-order valence-corrected chi connectivity index (χ3v) is 4.15. The molecule has 1 aromatic carbocycles. The molecule has 0 heterocycles. The maximum absolute atomic E-state index is 5.25. The first-order valence-corrected chi connectivity index (χ1v) is 8.24. The quantitative estimate of drug-likeness (QED) is 0.676. The maximum atomic E-state index is 5.25. The van der Waals surface area contributed by atoms with Crippen molar-refractivity contribution in [3.8, 4) is 0 Å². The lowest BCUT2D eigenvalue weighted by Gasteiger charge is -2.30. The summed E-state index contributed by atoms with van der Waals surface area (Å²) in [5, 5.41) is 3.61. The van der Waals surface area contributed by atoms with Gasteiger partial charge in [-0.15, -0.1) is 0 Å². The van der Waals surface area contributed by atoms with Gasteiger partial charge in [0.25, 0.3) is 0 Å². The minimum Gasteiger partial charge on any atom is -0.383 e. The topological polar surface area (TPSA) is 24.5 Å². The first-order chi connectivity index (χ1) is 10.2. The van der Waals surface area contributed by atoms with Crippen molar-refractivity contribution in [1.29, 1.82) is 0 Å². The Morgan fingerprint density at radius 2 is 1.86 bits per heavy atom. The Balaban J connectivity index is 2.60. The van der Waals surface area contributed by atoms with E-state index in [4.69, 9.17) is 4.74 Å². The molecule has 2 atom stereocenters. The van der Waals surface area contributed by atoms with Gasteiger partial charge in [-0.3, -0.25) is 4.90 Å². The standard InChI is InChI=1S/C18H32N2O/c1-5-16(3)20(14-15-21-4)13-12-18(19-6-2)17-10-8-7-9-11-17/h7-11,16,18-19H,5-6,12-15H2,1-4H3. The molecule has 21 heavy (non-hydrogen) atoms. The van der Waals surface area contributed by atoms with Gasteiger partial charge in [0, 0.05) is 32.3 Å². The summed E-state index contributed by atoms with van der Waals surface area (Å²) in [5.41, 5.74) is 1.38. The van der Waals surface area contributed by atoms with Crippen LogP contribution < -0.4 is 5.32 Å². The van der Waals surface area contributed by atoms with E-state index in [1.165, 1.54) is 12.0 Å². The van der Waals surface area contributed by atoms with Gasteiger partial charge in [0.05, 0.1) is 6.61 Å². The molecule has 1 rings (SSSR count). The van der Waals surface area contributed by atoms with Crippen LogP contribution in [0.2, 0.25) is 0 Å². The number of hydrogen-bond donors (Lipinski definition) is 1. The Morgan fingerprint density at radius 3 is 2.43 bits per heavy atom. The average Bonchev–Trinajstić information content (AvgIpc) is 2.54. The number of nitrogens with one attached hydrogen (secondary N) is 1. The number of rotatable bonds is 11. The molecule has 0 bridgehead atoms. The maximum Gasteiger partial charge on any atom is 0.0589 e. The van der Waals surface area contributed by atoms with Crippen molar-refractivity contribution in [2.75, 3.05) is 33.4 Å². The summed E-state index contributed by atoms with van der Waals surface area (Å²) < 4.78 is 5.25. The molecule has 3 nitrogen and oxygen atoms in total. The van der Waals surface area contributed by atoms with Crippen LogP contribution in [0.1, 0.15) is 45.2 Å². The van der Waals surface area contributed by atoms with Gasteiger partial charge in [-0.05, 0) is 31.9 Å². The van der Waals surface area contributed by atoms with E-state index in [2.05, 4.69) is 61.3 Å². The molecule has 0 aromatic heterocycles. The van der Waals surface area contributed by atoms with Gasteiger partial charge >= 0.3 is 0 Å². The average molecular weight is 292 g/mol. The lowest BCUT2D eigenvalue weighted by molar-refractivity contribution is 0.119. The van der Waals surface area contributed by atoms with E-state index in [-0.39, 0.29) is 0 Å². The molecule has 3 heteroatoms. The Hall–Kier alpha value is -0.900. The molecule has 0 radical (unpaired) electrons. The fourth-order valence-corrected chi connectivity index (χ4v) is 2.63. The largest absolute Gasteiger partial charge is 0.383 e. The fourth-order valence-electron chi connectivity index (χ4n) is 2.63. The minimum absolute atomic E-state index is 0.435. The Kier molecular flexibility index (Phi) is 9.31. The summed E-state index contributed by atoms with van der Waals surface area (Å²) in [6.07, 6.45) is 2.31. The van der Waals surface area contributed by atoms with Gasteiger partial charge in [-0.25, -0.2) is 0 Å². The molecule has 0 fully saturated rings. The van der Waals surface area contributed by atoms with Gasteiger partial charge in [0.1, 0.15) is 0 Å². The van der Waals surface area contributed by atoms with Crippen LogP contribution >= 0.6 is 0 Å².